The second-order valence-corrected chi connectivity index (χ2v) is 4.09. The molecule has 1 aliphatic heterocycles. The topological polar surface area (TPSA) is 49.7 Å². The van der Waals surface area contributed by atoms with Crippen LogP contribution in [0.4, 0.5) is 0 Å². The van der Waals surface area contributed by atoms with Gasteiger partial charge in [-0.2, -0.15) is 0 Å². The van der Waals surface area contributed by atoms with Gasteiger partial charge in [0, 0.05) is 12.5 Å². The van der Waals surface area contributed by atoms with E-state index in [4.69, 9.17) is 9.84 Å². The van der Waals surface area contributed by atoms with E-state index in [0.717, 1.165) is 6.42 Å². The Labute approximate surface area is 72.3 Å². The molecule has 1 aliphatic carbocycles. The Balaban J connectivity index is 2.08. The predicted molar refractivity (Wildman–Crippen MR) is 43.3 cm³/mol. The molecule has 0 aromatic rings. The van der Waals surface area contributed by atoms with Gasteiger partial charge in [0.25, 0.3) is 0 Å². The first-order valence-corrected chi connectivity index (χ1v) is 4.64. The lowest BCUT2D eigenvalue weighted by Gasteiger charge is -2.16. The minimum absolute atomic E-state index is 0.251. The van der Waals surface area contributed by atoms with E-state index in [1.165, 1.54) is 0 Å². The third-order valence-corrected chi connectivity index (χ3v) is 3.60. The van der Waals surface area contributed by atoms with Crippen molar-refractivity contribution in [2.75, 3.05) is 13.2 Å². The Hall–Kier alpha value is -0.120. The third kappa shape index (κ3) is 1.08. The molecule has 5 atom stereocenters. The van der Waals surface area contributed by atoms with Gasteiger partial charge >= 0.3 is 0 Å². The van der Waals surface area contributed by atoms with Crippen molar-refractivity contribution in [3.63, 3.8) is 0 Å². The Kier molecular flexibility index (Phi) is 2.10. The second kappa shape index (κ2) is 2.98. The minimum atomic E-state index is -0.575. The molecule has 3 heteroatoms. The van der Waals surface area contributed by atoms with E-state index in [9.17, 15) is 5.11 Å². The van der Waals surface area contributed by atoms with E-state index in [1.807, 2.05) is 0 Å². The van der Waals surface area contributed by atoms with Crippen molar-refractivity contribution in [2.45, 2.75) is 19.6 Å². The van der Waals surface area contributed by atoms with Gasteiger partial charge in [0.1, 0.15) is 0 Å². The van der Waals surface area contributed by atoms with Crippen LogP contribution in [0.1, 0.15) is 13.3 Å². The molecule has 0 spiro atoms. The molecule has 0 radical (unpaired) electrons. The van der Waals surface area contributed by atoms with E-state index >= 15 is 0 Å². The molecule has 0 amide bonds. The number of aliphatic hydroxyl groups excluding tert-OH is 2. The molecule has 1 saturated carbocycles. The summed E-state index contributed by atoms with van der Waals surface area (Å²) in [4.78, 5) is 0. The van der Waals surface area contributed by atoms with E-state index in [-0.39, 0.29) is 12.5 Å². The first kappa shape index (κ1) is 8.48. The highest BCUT2D eigenvalue weighted by atomic mass is 16.6. The van der Waals surface area contributed by atoms with Crippen LogP contribution in [0.25, 0.3) is 0 Å². The largest absolute Gasteiger partial charge is 0.396 e. The molecule has 0 aromatic heterocycles. The number of aliphatic hydroxyl groups is 2. The van der Waals surface area contributed by atoms with Crippen LogP contribution in [0.15, 0.2) is 0 Å². The first-order valence-electron chi connectivity index (χ1n) is 4.64. The molecular formula is C9H16O3. The lowest BCUT2D eigenvalue weighted by molar-refractivity contribution is -0.0861. The highest BCUT2D eigenvalue weighted by molar-refractivity contribution is 4.92. The van der Waals surface area contributed by atoms with Crippen LogP contribution in [-0.2, 0) is 4.74 Å². The molecule has 2 N–H and O–H groups in total. The van der Waals surface area contributed by atoms with Crippen LogP contribution >= 0.6 is 0 Å². The SMILES string of the molecule is C[C@H]1[C@H](CO)C[C@H]2[C@@H]1CO[C@@H]2O. The molecule has 70 valence electrons. The summed E-state index contributed by atoms with van der Waals surface area (Å²) in [5, 5.41) is 18.5. The summed E-state index contributed by atoms with van der Waals surface area (Å²) in [7, 11) is 0. The number of fused-ring (bicyclic) bond motifs is 1. The van der Waals surface area contributed by atoms with E-state index in [2.05, 4.69) is 6.92 Å². The fourth-order valence-corrected chi connectivity index (χ4v) is 2.66. The monoisotopic (exact) mass is 172 g/mol. The van der Waals surface area contributed by atoms with Crippen LogP contribution < -0.4 is 0 Å². The quantitative estimate of drug-likeness (QED) is 0.594. The van der Waals surface area contributed by atoms with E-state index < -0.39 is 6.29 Å². The molecule has 2 fully saturated rings. The van der Waals surface area contributed by atoms with Gasteiger partial charge in [0.05, 0.1) is 6.61 Å². The Bertz CT molecular complexity index is 171. The highest BCUT2D eigenvalue weighted by Gasteiger charge is 2.47. The first-order chi connectivity index (χ1) is 5.74. The maximum absolute atomic E-state index is 9.43. The summed E-state index contributed by atoms with van der Waals surface area (Å²) in [5.41, 5.74) is 0. The average molecular weight is 172 g/mol. The smallest absolute Gasteiger partial charge is 0.157 e. The number of ether oxygens (including phenoxy) is 1. The Morgan fingerprint density at radius 1 is 1.42 bits per heavy atom. The van der Waals surface area contributed by atoms with Crippen LogP contribution in [0.3, 0.4) is 0 Å². The van der Waals surface area contributed by atoms with Gasteiger partial charge < -0.3 is 14.9 Å². The molecule has 3 nitrogen and oxygen atoms in total. The molecule has 0 unspecified atom stereocenters. The summed E-state index contributed by atoms with van der Waals surface area (Å²) in [6.07, 6.45) is 0.345. The maximum Gasteiger partial charge on any atom is 0.157 e. The van der Waals surface area contributed by atoms with Crippen molar-refractivity contribution in [1.82, 2.24) is 0 Å². The van der Waals surface area contributed by atoms with Crippen LogP contribution in [-0.4, -0.2) is 29.7 Å². The molecule has 2 aliphatic rings. The lowest BCUT2D eigenvalue weighted by atomic mass is 9.91. The lowest BCUT2D eigenvalue weighted by Crippen LogP contribution is -2.16. The summed E-state index contributed by atoms with van der Waals surface area (Å²) in [6.45, 7) is 3.07. The normalized spacial score (nSPS) is 52.8. The number of hydrogen-bond donors (Lipinski definition) is 2. The number of rotatable bonds is 1. The molecule has 2 rings (SSSR count). The summed E-state index contributed by atoms with van der Waals surface area (Å²) in [5.74, 6) is 1.62. The maximum atomic E-state index is 9.43. The minimum Gasteiger partial charge on any atom is -0.396 e. The summed E-state index contributed by atoms with van der Waals surface area (Å²) >= 11 is 0. The second-order valence-electron chi connectivity index (χ2n) is 4.09. The zero-order valence-corrected chi connectivity index (χ0v) is 7.31. The van der Waals surface area contributed by atoms with Gasteiger partial charge in [0.2, 0.25) is 0 Å². The van der Waals surface area contributed by atoms with Crippen LogP contribution in [0, 0.1) is 23.7 Å². The summed E-state index contributed by atoms with van der Waals surface area (Å²) in [6, 6.07) is 0. The van der Waals surface area contributed by atoms with Gasteiger partial charge in [-0.25, -0.2) is 0 Å². The fourth-order valence-electron chi connectivity index (χ4n) is 2.66. The van der Waals surface area contributed by atoms with E-state index in [1.54, 1.807) is 0 Å². The molecule has 1 saturated heterocycles. The van der Waals surface area contributed by atoms with Gasteiger partial charge in [0.15, 0.2) is 6.29 Å². The van der Waals surface area contributed by atoms with E-state index in [0.29, 0.717) is 24.4 Å². The average Bonchev–Trinajstić information content (AvgIpc) is 2.55. The van der Waals surface area contributed by atoms with Crippen molar-refractivity contribution in [3.05, 3.63) is 0 Å². The predicted octanol–water partition coefficient (Wildman–Crippen LogP) is 0.216. The standard InChI is InChI=1S/C9H16O3/c1-5-6(3-10)2-7-8(5)4-12-9(7)11/h5-11H,2-4H2,1H3/t5-,6-,7-,8+,9-/m0/s1. The van der Waals surface area contributed by atoms with Gasteiger partial charge in [-0.1, -0.05) is 6.92 Å². The van der Waals surface area contributed by atoms with Crippen molar-refractivity contribution in [2.24, 2.45) is 23.7 Å². The number of hydrogen-bond acceptors (Lipinski definition) is 3. The molecule has 1 heterocycles. The zero-order valence-electron chi connectivity index (χ0n) is 7.31. The molecular weight excluding hydrogens is 156 g/mol. The summed E-state index contributed by atoms with van der Waals surface area (Å²) < 4.78 is 5.16. The van der Waals surface area contributed by atoms with Crippen molar-refractivity contribution in [1.29, 1.82) is 0 Å². The zero-order chi connectivity index (χ0) is 8.72. The Morgan fingerprint density at radius 2 is 2.17 bits per heavy atom. The molecule has 0 bridgehead atoms. The van der Waals surface area contributed by atoms with Gasteiger partial charge in [-0.3, -0.25) is 0 Å². The fraction of sp³-hybridized carbons (Fsp3) is 1.00. The molecule has 0 aromatic carbocycles. The van der Waals surface area contributed by atoms with Crippen LogP contribution in [0.2, 0.25) is 0 Å². The van der Waals surface area contributed by atoms with Gasteiger partial charge in [-0.15, -0.1) is 0 Å². The van der Waals surface area contributed by atoms with Crippen molar-refractivity contribution >= 4 is 0 Å². The Morgan fingerprint density at radius 3 is 2.75 bits per heavy atom. The van der Waals surface area contributed by atoms with Crippen molar-refractivity contribution in [3.8, 4) is 0 Å². The van der Waals surface area contributed by atoms with Crippen molar-refractivity contribution < 1.29 is 14.9 Å². The van der Waals surface area contributed by atoms with Gasteiger partial charge in [-0.05, 0) is 24.2 Å². The third-order valence-electron chi connectivity index (χ3n) is 3.60. The molecule has 12 heavy (non-hydrogen) atoms. The van der Waals surface area contributed by atoms with Crippen LogP contribution in [0.5, 0.6) is 0 Å². The highest BCUT2D eigenvalue weighted by Crippen LogP contribution is 2.46.